The number of ether oxygens (including phenoxy) is 1. The van der Waals surface area contributed by atoms with Gasteiger partial charge in [-0.25, -0.2) is 4.79 Å². The van der Waals surface area contributed by atoms with E-state index in [1.807, 2.05) is 62.4 Å². The molecule has 1 aromatic heterocycles. The lowest BCUT2D eigenvalue weighted by molar-refractivity contribution is 0.0472. The van der Waals surface area contributed by atoms with Crippen molar-refractivity contribution in [3.63, 3.8) is 0 Å². The summed E-state index contributed by atoms with van der Waals surface area (Å²) in [5.41, 5.74) is 5.37. The van der Waals surface area contributed by atoms with Gasteiger partial charge in [-0.1, -0.05) is 59.3 Å². The zero-order valence-corrected chi connectivity index (χ0v) is 15.2. The van der Waals surface area contributed by atoms with Crippen LogP contribution >= 0.6 is 0 Å². The van der Waals surface area contributed by atoms with Crippen LogP contribution < -0.4 is 0 Å². The standard InChI is InChI=1S/C23H19NO3/c1-15-8-9-16(2)19(12-15)14-26-23(25)18-10-11-21-20(13-18)22(27-24-21)17-6-4-3-5-7-17/h3-13H,14H2,1-2H3. The Labute approximate surface area is 157 Å². The number of fused-ring (bicyclic) bond motifs is 1. The van der Waals surface area contributed by atoms with Gasteiger partial charge >= 0.3 is 5.97 Å². The number of carbonyl (C=O) groups is 1. The predicted molar refractivity (Wildman–Crippen MR) is 104 cm³/mol. The van der Waals surface area contributed by atoms with Crippen molar-refractivity contribution in [1.29, 1.82) is 0 Å². The molecule has 0 aliphatic rings. The van der Waals surface area contributed by atoms with E-state index in [0.29, 0.717) is 16.8 Å². The number of nitrogens with zero attached hydrogens (tertiary/aromatic N) is 1. The lowest BCUT2D eigenvalue weighted by Gasteiger charge is -2.09. The Morgan fingerprint density at radius 2 is 1.81 bits per heavy atom. The van der Waals surface area contributed by atoms with Crippen molar-refractivity contribution in [3.05, 3.63) is 89.0 Å². The predicted octanol–water partition coefficient (Wildman–Crippen LogP) is 5.47. The van der Waals surface area contributed by atoms with Gasteiger partial charge < -0.3 is 9.26 Å². The summed E-state index contributed by atoms with van der Waals surface area (Å²) >= 11 is 0. The molecule has 0 N–H and O–H groups in total. The number of hydrogen-bond acceptors (Lipinski definition) is 4. The van der Waals surface area contributed by atoms with Crippen molar-refractivity contribution < 1.29 is 14.1 Å². The smallest absolute Gasteiger partial charge is 0.338 e. The number of esters is 1. The second-order valence-corrected chi connectivity index (χ2v) is 6.62. The van der Waals surface area contributed by atoms with E-state index in [4.69, 9.17) is 9.26 Å². The maximum absolute atomic E-state index is 12.6. The molecule has 0 aliphatic heterocycles. The fourth-order valence-corrected chi connectivity index (χ4v) is 3.05. The molecule has 0 spiro atoms. The molecule has 4 nitrogen and oxygen atoms in total. The van der Waals surface area contributed by atoms with Gasteiger partial charge in [0.2, 0.25) is 0 Å². The van der Waals surface area contributed by atoms with E-state index in [0.717, 1.165) is 27.6 Å². The van der Waals surface area contributed by atoms with Crippen LogP contribution in [0.1, 0.15) is 27.0 Å². The van der Waals surface area contributed by atoms with Gasteiger partial charge in [-0.15, -0.1) is 0 Å². The molecule has 0 bridgehead atoms. The van der Waals surface area contributed by atoms with E-state index in [-0.39, 0.29) is 12.6 Å². The first-order valence-electron chi connectivity index (χ1n) is 8.80. The Balaban J connectivity index is 1.60. The van der Waals surface area contributed by atoms with E-state index in [1.165, 1.54) is 0 Å². The molecule has 0 aliphatic carbocycles. The molecule has 27 heavy (non-hydrogen) atoms. The van der Waals surface area contributed by atoms with Crippen LogP contribution in [0, 0.1) is 13.8 Å². The summed E-state index contributed by atoms with van der Waals surface area (Å²) in [6, 6.07) is 21.1. The van der Waals surface area contributed by atoms with Crippen molar-refractivity contribution in [1.82, 2.24) is 5.16 Å². The van der Waals surface area contributed by atoms with Crippen molar-refractivity contribution in [3.8, 4) is 11.3 Å². The summed E-state index contributed by atoms with van der Waals surface area (Å²) in [7, 11) is 0. The SMILES string of the molecule is Cc1ccc(C)c(COC(=O)c2ccc3noc(-c4ccccc4)c3c2)c1. The molecule has 0 saturated carbocycles. The molecule has 4 heteroatoms. The highest BCUT2D eigenvalue weighted by Gasteiger charge is 2.15. The van der Waals surface area contributed by atoms with Crippen LogP contribution in [0.3, 0.4) is 0 Å². The second-order valence-electron chi connectivity index (χ2n) is 6.62. The van der Waals surface area contributed by atoms with E-state index in [9.17, 15) is 4.79 Å². The van der Waals surface area contributed by atoms with Gasteiger partial charge in [0.15, 0.2) is 5.76 Å². The Morgan fingerprint density at radius 1 is 1.00 bits per heavy atom. The first-order chi connectivity index (χ1) is 13.1. The van der Waals surface area contributed by atoms with Crippen molar-refractivity contribution in [2.45, 2.75) is 20.5 Å². The molecule has 0 amide bonds. The third kappa shape index (κ3) is 3.47. The normalized spacial score (nSPS) is 10.9. The molecule has 0 unspecified atom stereocenters. The summed E-state index contributed by atoms with van der Waals surface area (Å²) in [4.78, 5) is 12.6. The largest absolute Gasteiger partial charge is 0.457 e. The lowest BCUT2D eigenvalue weighted by Crippen LogP contribution is -2.06. The molecule has 134 valence electrons. The zero-order valence-electron chi connectivity index (χ0n) is 15.2. The van der Waals surface area contributed by atoms with Gasteiger partial charge in [-0.3, -0.25) is 0 Å². The van der Waals surface area contributed by atoms with E-state index >= 15 is 0 Å². The molecule has 0 radical (unpaired) electrons. The third-order valence-electron chi connectivity index (χ3n) is 4.61. The number of aromatic nitrogens is 1. The van der Waals surface area contributed by atoms with Crippen LogP contribution in [0.2, 0.25) is 0 Å². The second kappa shape index (κ2) is 7.08. The number of benzene rings is 3. The molecule has 4 rings (SSSR count). The van der Waals surface area contributed by atoms with Crippen LogP contribution in [0.5, 0.6) is 0 Å². The summed E-state index contributed by atoms with van der Waals surface area (Å²) in [5, 5.41) is 4.88. The van der Waals surface area contributed by atoms with E-state index < -0.39 is 0 Å². The fraction of sp³-hybridized carbons (Fsp3) is 0.130. The highest BCUT2D eigenvalue weighted by Crippen LogP contribution is 2.29. The topological polar surface area (TPSA) is 52.3 Å². The average Bonchev–Trinajstić information content (AvgIpc) is 3.12. The summed E-state index contributed by atoms with van der Waals surface area (Å²) in [5.74, 6) is 0.285. The van der Waals surface area contributed by atoms with Gasteiger partial charge in [0, 0.05) is 5.56 Å². The minimum absolute atomic E-state index is 0.250. The molecule has 0 fully saturated rings. The molecule has 0 saturated heterocycles. The van der Waals surface area contributed by atoms with Crippen LogP contribution in [0.25, 0.3) is 22.2 Å². The van der Waals surface area contributed by atoms with Gasteiger partial charge in [0.1, 0.15) is 12.1 Å². The fourth-order valence-electron chi connectivity index (χ4n) is 3.05. The number of rotatable bonds is 4. The zero-order chi connectivity index (χ0) is 18.8. The number of carbonyl (C=O) groups excluding carboxylic acids is 1. The highest BCUT2D eigenvalue weighted by molar-refractivity contribution is 5.98. The maximum Gasteiger partial charge on any atom is 0.338 e. The molecule has 1 heterocycles. The summed E-state index contributed by atoms with van der Waals surface area (Å²) < 4.78 is 11.0. The minimum atomic E-state index is -0.363. The number of aryl methyl sites for hydroxylation is 2. The van der Waals surface area contributed by atoms with Crippen LogP contribution in [-0.4, -0.2) is 11.1 Å². The van der Waals surface area contributed by atoms with Gasteiger partial charge in [-0.05, 0) is 43.2 Å². The minimum Gasteiger partial charge on any atom is -0.457 e. The van der Waals surface area contributed by atoms with Gasteiger partial charge in [0.25, 0.3) is 0 Å². The molecule has 0 atom stereocenters. The quantitative estimate of drug-likeness (QED) is 0.455. The first-order valence-corrected chi connectivity index (χ1v) is 8.80. The van der Waals surface area contributed by atoms with Gasteiger partial charge in [0.05, 0.1) is 10.9 Å². The van der Waals surface area contributed by atoms with Crippen LogP contribution in [0.4, 0.5) is 0 Å². The average molecular weight is 357 g/mol. The Morgan fingerprint density at radius 3 is 2.63 bits per heavy atom. The van der Waals surface area contributed by atoms with Crippen molar-refractivity contribution >= 4 is 16.9 Å². The van der Waals surface area contributed by atoms with Crippen LogP contribution in [0.15, 0.2) is 71.3 Å². The Bertz CT molecular complexity index is 1110. The third-order valence-corrected chi connectivity index (χ3v) is 4.61. The Hall–Kier alpha value is -3.40. The molecule has 4 aromatic rings. The lowest BCUT2D eigenvalue weighted by atomic mass is 10.1. The van der Waals surface area contributed by atoms with E-state index in [2.05, 4.69) is 5.16 Å². The Kier molecular flexibility index (Phi) is 4.47. The first kappa shape index (κ1) is 17.0. The van der Waals surface area contributed by atoms with Gasteiger partial charge in [-0.2, -0.15) is 0 Å². The maximum atomic E-state index is 12.6. The summed E-state index contributed by atoms with van der Waals surface area (Å²) in [6.45, 7) is 4.28. The molecular weight excluding hydrogens is 338 g/mol. The van der Waals surface area contributed by atoms with E-state index in [1.54, 1.807) is 18.2 Å². The summed E-state index contributed by atoms with van der Waals surface area (Å²) in [6.07, 6.45) is 0. The monoisotopic (exact) mass is 357 g/mol. The van der Waals surface area contributed by atoms with Crippen LogP contribution in [-0.2, 0) is 11.3 Å². The van der Waals surface area contributed by atoms with Crippen molar-refractivity contribution in [2.24, 2.45) is 0 Å². The highest BCUT2D eigenvalue weighted by atomic mass is 16.5. The number of hydrogen-bond donors (Lipinski definition) is 0. The van der Waals surface area contributed by atoms with Crippen molar-refractivity contribution in [2.75, 3.05) is 0 Å². The molecule has 3 aromatic carbocycles. The molecular formula is C23H19NO3.